The Morgan fingerprint density at radius 3 is 2.50 bits per heavy atom. The second-order valence-electron chi connectivity index (χ2n) is 2.59. The zero-order valence-corrected chi connectivity index (χ0v) is 8.45. The molecule has 0 aromatic heterocycles. The maximum Gasteiger partial charge on any atom is 0.203 e. The van der Waals surface area contributed by atoms with Crippen LogP contribution in [0, 0.1) is 0 Å². The van der Waals surface area contributed by atoms with Gasteiger partial charge in [0.2, 0.25) is 5.75 Å². The predicted octanol–water partition coefficient (Wildman–Crippen LogP) is 2.27. The van der Waals surface area contributed by atoms with Gasteiger partial charge in [-0.25, -0.2) is 0 Å². The molecule has 0 aliphatic rings. The van der Waals surface area contributed by atoms with Crippen LogP contribution in [0.1, 0.15) is 0 Å². The number of rotatable bonds is 5. The van der Waals surface area contributed by atoms with E-state index < -0.39 is 0 Å². The van der Waals surface area contributed by atoms with E-state index in [4.69, 9.17) is 14.2 Å². The van der Waals surface area contributed by atoms with Gasteiger partial charge in [-0.2, -0.15) is 0 Å². The fourth-order valence-corrected chi connectivity index (χ4v) is 1.12. The normalized spacial score (nSPS) is 9.29. The minimum Gasteiger partial charge on any atom is -0.493 e. The van der Waals surface area contributed by atoms with Crippen LogP contribution >= 0.6 is 0 Å². The standard InChI is InChI=1S/C11H14O3/c1-4-8-14-10-7-5-6-9(12-2)11(10)13-3/h4-7H,1,8H2,2-3H3. The van der Waals surface area contributed by atoms with Crippen LogP contribution in [-0.4, -0.2) is 20.8 Å². The Labute approximate surface area is 83.9 Å². The molecule has 0 radical (unpaired) electrons. The van der Waals surface area contributed by atoms with Gasteiger partial charge in [0.15, 0.2) is 11.5 Å². The van der Waals surface area contributed by atoms with Crippen molar-refractivity contribution in [3.63, 3.8) is 0 Å². The molecule has 0 fully saturated rings. The van der Waals surface area contributed by atoms with Gasteiger partial charge in [-0.3, -0.25) is 0 Å². The Morgan fingerprint density at radius 2 is 1.93 bits per heavy atom. The van der Waals surface area contributed by atoms with Crippen molar-refractivity contribution in [1.82, 2.24) is 0 Å². The fourth-order valence-electron chi connectivity index (χ4n) is 1.12. The van der Waals surface area contributed by atoms with E-state index in [9.17, 15) is 0 Å². The molecule has 0 amide bonds. The highest BCUT2D eigenvalue weighted by molar-refractivity contribution is 5.51. The molecular weight excluding hydrogens is 180 g/mol. The number of para-hydroxylation sites is 1. The Morgan fingerprint density at radius 1 is 1.21 bits per heavy atom. The van der Waals surface area contributed by atoms with Crippen molar-refractivity contribution in [3.05, 3.63) is 30.9 Å². The Kier molecular flexibility index (Phi) is 3.85. The number of hydrogen-bond donors (Lipinski definition) is 0. The third-order valence-electron chi connectivity index (χ3n) is 1.72. The van der Waals surface area contributed by atoms with Gasteiger partial charge in [0.1, 0.15) is 6.61 Å². The third-order valence-corrected chi connectivity index (χ3v) is 1.72. The monoisotopic (exact) mass is 194 g/mol. The van der Waals surface area contributed by atoms with E-state index in [0.717, 1.165) is 0 Å². The van der Waals surface area contributed by atoms with Crippen molar-refractivity contribution in [3.8, 4) is 17.2 Å². The molecule has 1 aromatic rings. The van der Waals surface area contributed by atoms with Gasteiger partial charge in [-0.1, -0.05) is 18.7 Å². The smallest absolute Gasteiger partial charge is 0.203 e. The third kappa shape index (κ3) is 2.19. The summed E-state index contributed by atoms with van der Waals surface area (Å²) in [5.41, 5.74) is 0. The summed E-state index contributed by atoms with van der Waals surface area (Å²) in [7, 11) is 3.17. The Hall–Kier alpha value is -1.64. The predicted molar refractivity (Wildman–Crippen MR) is 55.2 cm³/mol. The first-order valence-electron chi connectivity index (χ1n) is 4.28. The van der Waals surface area contributed by atoms with Gasteiger partial charge >= 0.3 is 0 Å². The topological polar surface area (TPSA) is 27.7 Å². The van der Waals surface area contributed by atoms with Crippen molar-refractivity contribution in [2.45, 2.75) is 0 Å². The van der Waals surface area contributed by atoms with Crippen LogP contribution < -0.4 is 14.2 Å². The minimum atomic E-state index is 0.448. The van der Waals surface area contributed by atoms with Crippen molar-refractivity contribution < 1.29 is 14.2 Å². The van der Waals surface area contributed by atoms with Crippen LogP contribution in [0.4, 0.5) is 0 Å². The molecular formula is C11H14O3. The summed E-state index contributed by atoms with van der Waals surface area (Å²) in [6.45, 7) is 4.02. The molecule has 0 N–H and O–H groups in total. The van der Waals surface area contributed by atoms with Gasteiger partial charge in [-0.15, -0.1) is 0 Å². The van der Waals surface area contributed by atoms with Gasteiger partial charge < -0.3 is 14.2 Å². The second-order valence-corrected chi connectivity index (χ2v) is 2.59. The fraction of sp³-hybridized carbons (Fsp3) is 0.273. The van der Waals surface area contributed by atoms with E-state index in [2.05, 4.69) is 6.58 Å². The largest absolute Gasteiger partial charge is 0.493 e. The van der Waals surface area contributed by atoms with Gasteiger partial charge in [-0.05, 0) is 12.1 Å². The van der Waals surface area contributed by atoms with Crippen molar-refractivity contribution >= 4 is 0 Å². The summed E-state index contributed by atoms with van der Waals surface area (Å²) in [5, 5.41) is 0. The maximum absolute atomic E-state index is 5.40. The lowest BCUT2D eigenvalue weighted by Crippen LogP contribution is -1.97. The lowest BCUT2D eigenvalue weighted by molar-refractivity contribution is 0.307. The number of ether oxygens (including phenoxy) is 3. The average Bonchev–Trinajstić information content (AvgIpc) is 2.25. The van der Waals surface area contributed by atoms with E-state index in [1.807, 2.05) is 18.2 Å². The lowest BCUT2D eigenvalue weighted by atomic mass is 10.3. The zero-order chi connectivity index (χ0) is 10.4. The van der Waals surface area contributed by atoms with Crippen molar-refractivity contribution in [2.75, 3.05) is 20.8 Å². The van der Waals surface area contributed by atoms with Gasteiger partial charge in [0.05, 0.1) is 14.2 Å². The molecule has 0 saturated carbocycles. The molecule has 0 saturated heterocycles. The summed E-state index contributed by atoms with van der Waals surface area (Å²) in [5.74, 6) is 1.93. The van der Waals surface area contributed by atoms with E-state index in [1.54, 1.807) is 20.3 Å². The lowest BCUT2D eigenvalue weighted by Gasteiger charge is -2.12. The van der Waals surface area contributed by atoms with Crippen LogP contribution in [0.25, 0.3) is 0 Å². The number of methoxy groups -OCH3 is 2. The highest BCUT2D eigenvalue weighted by Crippen LogP contribution is 2.36. The molecule has 3 heteroatoms. The summed E-state index contributed by atoms with van der Waals surface area (Å²) in [6, 6.07) is 5.49. The molecule has 1 rings (SSSR count). The molecule has 0 atom stereocenters. The highest BCUT2D eigenvalue weighted by Gasteiger charge is 2.09. The van der Waals surface area contributed by atoms with Crippen LogP contribution in [0.2, 0.25) is 0 Å². The first kappa shape index (κ1) is 10.4. The quantitative estimate of drug-likeness (QED) is 0.673. The zero-order valence-electron chi connectivity index (χ0n) is 8.45. The van der Waals surface area contributed by atoms with E-state index >= 15 is 0 Å². The van der Waals surface area contributed by atoms with Gasteiger partial charge in [0, 0.05) is 0 Å². The molecule has 0 aliphatic heterocycles. The average molecular weight is 194 g/mol. The molecule has 0 bridgehead atoms. The van der Waals surface area contributed by atoms with Crippen LogP contribution in [0.5, 0.6) is 17.2 Å². The van der Waals surface area contributed by atoms with Crippen molar-refractivity contribution in [2.24, 2.45) is 0 Å². The van der Waals surface area contributed by atoms with Crippen LogP contribution in [-0.2, 0) is 0 Å². The molecule has 14 heavy (non-hydrogen) atoms. The molecule has 0 aliphatic carbocycles. The first-order valence-corrected chi connectivity index (χ1v) is 4.28. The number of hydrogen-bond acceptors (Lipinski definition) is 3. The second kappa shape index (κ2) is 5.17. The van der Waals surface area contributed by atoms with Crippen LogP contribution in [0.15, 0.2) is 30.9 Å². The van der Waals surface area contributed by atoms with E-state index in [-0.39, 0.29) is 0 Å². The van der Waals surface area contributed by atoms with Gasteiger partial charge in [0.25, 0.3) is 0 Å². The first-order chi connectivity index (χ1) is 6.83. The molecule has 0 unspecified atom stereocenters. The Bertz CT molecular complexity index is 307. The molecule has 1 aromatic carbocycles. The molecule has 0 spiro atoms. The summed E-state index contributed by atoms with van der Waals surface area (Å²) in [4.78, 5) is 0. The minimum absolute atomic E-state index is 0.448. The van der Waals surface area contributed by atoms with E-state index in [0.29, 0.717) is 23.9 Å². The SMILES string of the molecule is C=CCOc1cccc(OC)c1OC. The Balaban J connectivity index is 2.95. The van der Waals surface area contributed by atoms with Crippen molar-refractivity contribution in [1.29, 1.82) is 0 Å². The molecule has 0 heterocycles. The molecule has 3 nitrogen and oxygen atoms in total. The number of benzene rings is 1. The van der Waals surface area contributed by atoms with Crippen LogP contribution in [0.3, 0.4) is 0 Å². The van der Waals surface area contributed by atoms with E-state index in [1.165, 1.54) is 0 Å². The summed E-state index contributed by atoms with van der Waals surface area (Å²) < 4.78 is 15.7. The molecule has 76 valence electrons. The highest BCUT2D eigenvalue weighted by atomic mass is 16.5. The summed E-state index contributed by atoms with van der Waals surface area (Å²) >= 11 is 0. The maximum atomic E-state index is 5.40. The summed E-state index contributed by atoms with van der Waals surface area (Å²) in [6.07, 6.45) is 1.68.